The van der Waals surface area contributed by atoms with Crippen LogP contribution >= 0.6 is 0 Å². The first-order valence-electron chi connectivity index (χ1n) is 10.5. The molecule has 0 saturated heterocycles. The van der Waals surface area contributed by atoms with Crippen molar-refractivity contribution in [1.82, 2.24) is 0 Å². The lowest BCUT2D eigenvalue weighted by Crippen LogP contribution is -2.43. The summed E-state index contributed by atoms with van der Waals surface area (Å²) < 4.78 is 0. The Balaban J connectivity index is 5.98. The summed E-state index contributed by atoms with van der Waals surface area (Å²) >= 11 is 0. The third kappa shape index (κ3) is 6.09. The minimum absolute atomic E-state index is 0.766. The van der Waals surface area contributed by atoms with E-state index in [4.69, 9.17) is 0 Å². The van der Waals surface area contributed by atoms with Crippen LogP contribution in [0.15, 0.2) is 0 Å². The second-order valence-corrected chi connectivity index (χ2v) is 9.92. The van der Waals surface area contributed by atoms with E-state index in [0.717, 1.165) is 59.2 Å². The van der Waals surface area contributed by atoms with Gasteiger partial charge in [0.15, 0.2) is 0 Å². The fourth-order valence-corrected chi connectivity index (χ4v) is 5.70. The van der Waals surface area contributed by atoms with Crippen molar-refractivity contribution in [3.63, 3.8) is 0 Å². The average Bonchev–Trinajstić information content (AvgIpc) is 2.39. The second-order valence-electron chi connectivity index (χ2n) is 9.92. The van der Waals surface area contributed by atoms with Gasteiger partial charge in [0.2, 0.25) is 0 Å². The number of rotatable bonds is 10. The topological polar surface area (TPSA) is 0 Å². The molecule has 0 rings (SSSR count). The van der Waals surface area contributed by atoms with Gasteiger partial charge in [-0.25, -0.2) is 0 Å². The zero-order valence-electron chi connectivity index (χ0n) is 18.5. The normalized spacial score (nSPS) is 18.5. The molecule has 0 saturated carbocycles. The van der Waals surface area contributed by atoms with Crippen molar-refractivity contribution in [3.05, 3.63) is 0 Å². The molecule has 0 bridgehead atoms. The Hall–Kier alpha value is 0. The zero-order valence-corrected chi connectivity index (χ0v) is 18.5. The first-order chi connectivity index (χ1) is 10.5. The summed E-state index contributed by atoms with van der Waals surface area (Å²) in [5.41, 5.74) is 0. The monoisotopic (exact) mass is 324 g/mol. The van der Waals surface area contributed by atoms with Crippen molar-refractivity contribution in [3.8, 4) is 0 Å². The molecule has 0 N–H and O–H groups in total. The van der Waals surface area contributed by atoms with E-state index in [1.807, 2.05) is 0 Å². The molecule has 4 atom stereocenters. The van der Waals surface area contributed by atoms with Gasteiger partial charge in [0.1, 0.15) is 0 Å². The molecule has 0 aromatic carbocycles. The largest absolute Gasteiger partial charge is 0.0651 e. The van der Waals surface area contributed by atoms with Gasteiger partial charge >= 0.3 is 0 Å². The SMILES string of the molecule is CCC(C)C(C(C)C)C(C(C)C)C(C(C)C)C(C(C)C)C(C)C. The van der Waals surface area contributed by atoms with Crippen LogP contribution in [0.25, 0.3) is 0 Å². The van der Waals surface area contributed by atoms with E-state index in [9.17, 15) is 0 Å². The van der Waals surface area contributed by atoms with Crippen molar-refractivity contribution in [2.75, 3.05) is 0 Å². The Bertz CT molecular complexity index is 289. The fraction of sp³-hybridized carbons (Fsp3) is 1.00. The van der Waals surface area contributed by atoms with Gasteiger partial charge < -0.3 is 0 Å². The minimum atomic E-state index is 0.766. The molecule has 4 unspecified atom stereocenters. The zero-order chi connectivity index (χ0) is 18.5. The van der Waals surface area contributed by atoms with Crippen molar-refractivity contribution in [2.24, 2.45) is 59.2 Å². The Kier molecular flexibility index (Phi) is 10.1. The number of hydrogen-bond donors (Lipinski definition) is 0. The van der Waals surface area contributed by atoms with Crippen LogP contribution in [-0.2, 0) is 0 Å². The highest BCUT2D eigenvalue weighted by atomic mass is 14.5. The summed E-state index contributed by atoms with van der Waals surface area (Å²) in [5.74, 6) is 8.01. The Morgan fingerprint density at radius 1 is 0.391 bits per heavy atom. The molecule has 0 heteroatoms. The molecule has 0 nitrogen and oxygen atoms in total. The van der Waals surface area contributed by atoms with Gasteiger partial charge in [-0.3, -0.25) is 0 Å². The summed E-state index contributed by atoms with van der Waals surface area (Å²) in [5, 5.41) is 0. The van der Waals surface area contributed by atoms with E-state index in [1.165, 1.54) is 6.42 Å². The van der Waals surface area contributed by atoms with Gasteiger partial charge in [-0.15, -0.1) is 0 Å². The molecule has 0 fully saturated rings. The van der Waals surface area contributed by atoms with Crippen molar-refractivity contribution in [1.29, 1.82) is 0 Å². The van der Waals surface area contributed by atoms with Crippen LogP contribution in [0.1, 0.15) is 89.5 Å². The van der Waals surface area contributed by atoms with Crippen LogP contribution in [0.2, 0.25) is 0 Å². The predicted octanol–water partition coefficient (Wildman–Crippen LogP) is 7.78. The maximum Gasteiger partial charge on any atom is -0.0324 e. The summed E-state index contributed by atoms with van der Waals surface area (Å²) in [6.45, 7) is 29.5. The fourth-order valence-electron chi connectivity index (χ4n) is 5.70. The Labute approximate surface area is 149 Å². The molecule has 23 heavy (non-hydrogen) atoms. The highest BCUT2D eigenvalue weighted by Gasteiger charge is 2.42. The quantitative estimate of drug-likeness (QED) is 0.385. The van der Waals surface area contributed by atoms with E-state index >= 15 is 0 Å². The highest BCUT2D eigenvalue weighted by molar-refractivity contribution is 4.90. The van der Waals surface area contributed by atoms with Crippen LogP contribution in [0, 0.1) is 59.2 Å². The molecule has 0 aliphatic heterocycles. The summed E-state index contributed by atoms with van der Waals surface area (Å²) in [6, 6.07) is 0. The average molecular weight is 325 g/mol. The maximum absolute atomic E-state index is 2.50. The molecule has 0 heterocycles. The smallest absolute Gasteiger partial charge is 0.0324 e. The van der Waals surface area contributed by atoms with Crippen LogP contribution in [0.3, 0.4) is 0 Å². The summed E-state index contributed by atoms with van der Waals surface area (Å²) in [6.07, 6.45) is 1.31. The summed E-state index contributed by atoms with van der Waals surface area (Å²) in [7, 11) is 0. The second kappa shape index (κ2) is 10.1. The first-order valence-corrected chi connectivity index (χ1v) is 10.5. The van der Waals surface area contributed by atoms with Gasteiger partial charge in [-0.1, -0.05) is 89.5 Å². The Morgan fingerprint density at radius 2 is 0.652 bits per heavy atom. The highest BCUT2D eigenvalue weighted by Crippen LogP contribution is 2.48. The van der Waals surface area contributed by atoms with Crippen molar-refractivity contribution in [2.45, 2.75) is 89.5 Å². The molecule has 0 radical (unpaired) electrons. The third-order valence-corrected chi connectivity index (χ3v) is 6.48. The van der Waals surface area contributed by atoms with Crippen LogP contribution in [0.4, 0.5) is 0 Å². The third-order valence-electron chi connectivity index (χ3n) is 6.48. The van der Waals surface area contributed by atoms with E-state index < -0.39 is 0 Å². The van der Waals surface area contributed by atoms with E-state index in [2.05, 4.69) is 83.1 Å². The van der Waals surface area contributed by atoms with Gasteiger partial charge in [-0.2, -0.15) is 0 Å². The van der Waals surface area contributed by atoms with E-state index in [0.29, 0.717) is 0 Å². The van der Waals surface area contributed by atoms with Crippen LogP contribution in [0.5, 0.6) is 0 Å². The number of hydrogen-bond acceptors (Lipinski definition) is 0. The molecule has 0 aromatic rings. The molecule has 0 amide bonds. The standard InChI is InChI=1S/C23H48/c1-13-19(12)21(16(6)7)23(18(10)11)22(17(8)9)20(14(2)3)15(4)5/h14-23H,13H2,1-12H3. The Morgan fingerprint density at radius 3 is 0.870 bits per heavy atom. The maximum atomic E-state index is 2.50. The molecule has 0 aliphatic carbocycles. The van der Waals surface area contributed by atoms with Crippen molar-refractivity contribution >= 4 is 0 Å². The van der Waals surface area contributed by atoms with Crippen LogP contribution < -0.4 is 0 Å². The lowest BCUT2D eigenvalue weighted by atomic mass is 9.57. The molecule has 140 valence electrons. The molecule has 0 aromatic heterocycles. The van der Waals surface area contributed by atoms with Crippen molar-refractivity contribution < 1.29 is 0 Å². The molecular weight excluding hydrogens is 276 g/mol. The van der Waals surface area contributed by atoms with E-state index in [-0.39, 0.29) is 0 Å². The van der Waals surface area contributed by atoms with Gasteiger partial charge in [0.25, 0.3) is 0 Å². The lowest BCUT2D eigenvalue weighted by molar-refractivity contribution is -0.00429. The first kappa shape index (κ1) is 23.0. The van der Waals surface area contributed by atoms with Gasteiger partial charge in [0.05, 0.1) is 0 Å². The predicted molar refractivity (Wildman–Crippen MR) is 108 cm³/mol. The molecule has 0 aliphatic rings. The molecular formula is C23H48. The lowest BCUT2D eigenvalue weighted by Gasteiger charge is -2.48. The van der Waals surface area contributed by atoms with E-state index in [1.54, 1.807) is 0 Å². The van der Waals surface area contributed by atoms with Gasteiger partial charge in [-0.05, 0) is 59.2 Å². The minimum Gasteiger partial charge on any atom is -0.0651 e. The van der Waals surface area contributed by atoms with Crippen LogP contribution in [-0.4, -0.2) is 0 Å². The summed E-state index contributed by atoms with van der Waals surface area (Å²) in [4.78, 5) is 0. The molecule has 0 spiro atoms. The van der Waals surface area contributed by atoms with Gasteiger partial charge in [0, 0.05) is 0 Å².